The van der Waals surface area contributed by atoms with Gasteiger partial charge in [0.1, 0.15) is 0 Å². The molecule has 3 aromatic carbocycles. The molecule has 0 aromatic heterocycles. The van der Waals surface area contributed by atoms with Crippen molar-refractivity contribution < 1.29 is 14.4 Å². The second-order valence-electron chi connectivity index (χ2n) is 8.49. The van der Waals surface area contributed by atoms with Crippen molar-refractivity contribution in [1.82, 2.24) is 5.32 Å². The topological polar surface area (TPSA) is 78.5 Å². The molecule has 6 nitrogen and oxygen atoms in total. The lowest BCUT2D eigenvalue weighted by molar-refractivity contribution is -0.116. The zero-order valence-corrected chi connectivity index (χ0v) is 19.4. The molecule has 2 N–H and O–H groups in total. The first-order valence-corrected chi connectivity index (χ1v) is 12.4. The van der Waals surface area contributed by atoms with Gasteiger partial charge in [0.25, 0.3) is 11.8 Å². The fourth-order valence-corrected chi connectivity index (χ4v) is 4.92. The molecule has 1 aliphatic carbocycles. The maximum Gasteiger partial charge on any atom is 0.256 e. The average molecular weight is 472 g/mol. The number of carbonyl (C=O) groups excluding carboxylic acids is 3. The lowest BCUT2D eigenvalue weighted by Gasteiger charge is -2.17. The maximum absolute atomic E-state index is 13.0. The molecule has 34 heavy (non-hydrogen) atoms. The minimum Gasteiger partial charge on any atom is -0.349 e. The van der Waals surface area contributed by atoms with Crippen LogP contribution < -0.4 is 15.5 Å². The van der Waals surface area contributed by atoms with Crippen LogP contribution in [0, 0.1) is 0 Å². The summed E-state index contributed by atoms with van der Waals surface area (Å²) in [5.41, 5.74) is 3.86. The van der Waals surface area contributed by atoms with Gasteiger partial charge in [-0.05, 0) is 67.3 Å². The van der Waals surface area contributed by atoms with Gasteiger partial charge in [0, 0.05) is 34.4 Å². The van der Waals surface area contributed by atoms with E-state index >= 15 is 0 Å². The van der Waals surface area contributed by atoms with E-state index in [1.807, 2.05) is 41.3 Å². The summed E-state index contributed by atoms with van der Waals surface area (Å²) in [5, 5.41) is 5.85. The van der Waals surface area contributed by atoms with E-state index in [1.165, 1.54) is 17.3 Å². The predicted octanol–water partition coefficient (Wildman–Crippen LogP) is 4.51. The van der Waals surface area contributed by atoms with E-state index < -0.39 is 0 Å². The number of anilines is 2. The molecule has 7 heteroatoms. The van der Waals surface area contributed by atoms with E-state index in [0.717, 1.165) is 29.8 Å². The quantitative estimate of drug-likeness (QED) is 0.497. The van der Waals surface area contributed by atoms with Crippen LogP contribution in [-0.2, 0) is 11.2 Å². The van der Waals surface area contributed by atoms with Gasteiger partial charge in [-0.25, -0.2) is 0 Å². The summed E-state index contributed by atoms with van der Waals surface area (Å²) in [7, 11) is 0. The number of carbonyl (C=O) groups is 3. The lowest BCUT2D eigenvalue weighted by Crippen LogP contribution is -2.30. The molecule has 2 aliphatic rings. The molecule has 3 amide bonds. The number of hydrogen-bond donors (Lipinski definition) is 2. The van der Waals surface area contributed by atoms with E-state index in [0.29, 0.717) is 29.4 Å². The first kappa shape index (κ1) is 22.2. The highest BCUT2D eigenvalue weighted by Gasteiger charge is 2.25. The van der Waals surface area contributed by atoms with Crippen LogP contribution in [0.4, 0.5) is 11.4 Å². The van der Waals surface area contributed by atoms with Crippen molar-refractivity contribution in [3.8, 4) is 0 Å². The van der Waals surface area contributed by atoms with Crippen LogP contribution in [0.5, 0.6) is 0 Å². The van der Waals surface area contributed by atoms with Crippen LogP contribution in [0.3, 0.4) is 0 Å². The second kappa shape index (κ2) is 9.73. The summed E-state index contributed by atoms with van der Waals surface area (Å²) in [5.74, 6) is -0.0569. The Morgan fingerprint density at radius 2 is 1.62 bits per heavy atom. The van der Waals surface area contributed by atoms with Crippen molar-refractivity contribution in [3.63, 3.8) is 0 Å². The number of rotatable bonds is 7. The summed E-state index contributed by atoms with van der Waals surface area (Å²) in [6.07, 6.45) is 2.94. The van der Waals surface area contributed by atoms with Crippen molar-refractivity contribution in [1.29, 1.82) is 0 Å². The van der Waals surface area contributed by atoms with Crippen LogP contribution in [0.1, 0.15) is 39.1 Å². The van der Waals surface area contributed by atoms with Gasteiger partial charge in [0.2, 0.25) is 5.91 Å². The zero-order valence-electron chi connectivity index (χ0n) is 18.6. The minimum absolute atomic E-state index is 0.0326. The molecule has 5 rings (SSSR count). The Hall–Kier alpha value is -3.58. The van der Waals surface area contributed by atoms with Gasteiger partial charge < -0.3 is 15.5 Å². The highest BCUT2D eigenvalue weighted by molar-refractivity contribution is 8.00. The molecule has 172 valence electrons. The average Bonchev–Trinajstić information content (AvgIpc) is 3.57. The molecule has 0 spiro atoms. The fourth-order valence-electron chi connectivity index (χ4n) is 3.99. The van der Waals surface area contributed by atoms with Crippen LogP contribution in [0.25, 0.3) is 0 Å². The number of fused-ring (bicyclic) bond motifs is 1. The molecule has 1 saturated carbocycles. The number of benzene rings is 3. The third-order valence-electron chi connectivity index (χ3n) is 5.99. The smallest absolute Gasteiger partial charge is 0.256 e. The molecule has 3 aromatic rings. The molecule has 0 bridgehead atoms. The van der Waals surface area contributed by atoms with Gasteiger partial charge in [-0.2, -0.15) is 0 Å². The highest BCUT2D eigenvalue weighted by Crippen LogP contribution is 2.30. The Morgan fingerprint density at radius 1 is 0.882 bits per heavy atom. The third-order valence-corrected chi connectivity index (χ3v) is 7.05. The molecule has 0 saturated heterocycles. The zero-order chi connectivity index (χ0) is 23.5. The van der Waals surface area contributed by atoms with Gasteiger partial charge >= 0.3 is 0 Å². The summed E-state index contributed by atoms with van der Waals surface area (Å²) in [6.45, 7) is 0.690. The third kappa shape index (κ3) is 4.99. The minimum atomic E-state index is -0.253. The first-order chi connectivity index (χ1) is 16.6. The fraction of sp³-hybridized carbons (Fsp3) is 0.222. The molecule has 0 atom stereocenters. The predicted molar refractivity (Wildman–Crippen MR) is 135 cm³/mol. The van der Waals surface area contributed by atoms with E-state index in [2.05, 4.69) is 16.7 Å². The summed E-state index contributed by atoms with van der Waals surface area (Å²) in [4.78, 5) is 40.6. The molecular formula is C27H25N3O3S. The van der Waals surface area contributed by atoms with Gasteiger partial charge in [0.05, 0.1) is 11.3 Å². The van der Waals surface area contributed by atoms with E-state index in [-0.39, 0.29) is 23.5 Å². The monoisotopic (exact) mass is 471 g/mol. The molecule has 1 fully saturated rings. The largest absolute Gasteiger partial charge is 0.349 e. The SMILES string of the molecule is O=C(NC1CC1)c1ccc(NC(=O)c2ccccc2SCC(=O)N2CCc3ccccc32)cc1. The molecule has 0 unspecified atom stereocenters. The summed E-state index contributed by atoms with van der Waals surface area (Å²) >= 11 is 1.37. The Morgan fingerprint density at radius 3 is 2.41 bits per heavy atom. The van der Waals surface area contributed by atoms with Gasteiger partial charge in [-0.15, -0.1) is 11.8 Å². The van der Waals surface area contributed by atoms with Gasteiger partial charge in [0.15, 0.2) is 0 Å². The Kier molecular flexibility index (Phi) is 6.36. The number of nitrogens with zero attached hydrogens (tertiary/aromatic N) is 1. The number of para-hydroxylation sites is 1. The van der Waals surface area contributed by atoms with Crippen molar-refractivity contribution >= 4 is 40.9 Å². The second-order valence-corrected chi connectivity index (χ2v) is 9.51. The van der Waals surface area contributed by atoms with E-state index in [9.17, 15) is 14.4 Å². The van der Waals surface area contributed by atoms with Crippen molar-refractivity contribution in [2.24, 2.45) is 0 Å². The van der Waals surface area contributed by atoms with Crippen LogP contribution in [0.2, 0.25) is 0 Å². The van der Waals surface area contributed by atoms with E-state index in [4.69, 9.17) is 0 Å². The molecular weight excluding hydrogens is 446 g/mol. The summed E-state index contributed by atoms with van der Waals surface area (Å²) < 4.78 is 0. The Labute approximate surface area is 202 Å². The highest BCUT2D eigenvalue weighted by atomic mass is 32.2. The summed E-state index contributed by atoms with van der Waals surface area (Å²) in [6, 6.07) is 22.4. The number of thioether (sulfide) groups is 1. The molecule has 0 radical (unpaired) electrons. The number of amides is 3. The molecule has 1 heterocycles. The van der Waals surface area contributed by atoms with Gasteiger partial charge in [-0.3, -0.25) is 14.4 Å². The van der Waals surface area contributed by atoms with Crippen LogP contribution in [-0.4, -0.2) is 36.1 Å². The van der Waals surface area contributed by atoms with Crippen molar-refractivity contribution in [2.75, 3.05) is 22.5 Å². The van der Waals surface area contributed by atoms with Crippen LogP contribution >= 0.6 is 11.8 Å². The number of nitrogens with one attached hydrogen (secondary N) is 2. The van der Waals surface area contributed by atoms with Crippen molar-refractivity contribution in [2.45, 2.75) is 30.2 Å². The van der Waals surface area contributed by atoms with Gasteiger partial charge in [-0.1, -0.05) is 30.3 Å². The maximum atomic E-state index is 13.0. The number of hydrogen-bond acceptors (Lipinski definition) is 4. The molecule has 1 aliphatic heterocycles. The van der Waals surface area contributed by atoms with Crippen molar-refractivity contribution in [3.05, 3.63) is 89.5 Å². The van der Waals surface area contributed by atoms with Crippen LogP contribution in [0.15, 0.2) is 77.7 Å². The lowest BCUT2D eigenvalue weighted by atomic mass is 10.1. The first-order valence-electron chi connectivity index (χ1n) is 11.4. The standard InChI is InChI=1S/C27H25N3O3S/c31-25(30-16-15-18-5-1-3-7-23(18)30)17-34-24-8-4-2-6-22(24)27(33)29-20-11-9-19(10-12-20)26(32)28-21-13-14-21/h1-12,21H,13-17H2,(H,28,32)(H,29,33). The Balaban J connectivity index is 1.21. The van der Waals surface area contributed by atoms with E-state index in [1.54, 1.807) is 30.3 Å². The normalized spacial score (nSPS) is 14.4. The Bertz CT molecular complexity index is 1240.